The molecule has 0 bridgehead atoms. The molecule has 0 saturated heterocycles. The number of rotatable bonds is 2. The summed E-state index contributed by atoms with van der Waals surface area (Å²) in [4.78, 5) is 10.5. The van der Waals surface area contributed by atoms with Gasteiger partial charge in [-0.1, -0.05) is 22.5 Å². The van der Waals surface area contributed by atoms with Gasteiger partial charge in [0, 0.05) is 11.4 Å². The average Bonchev–Trinajstić information content (AvgIpc) is 1.60. The van der Waals surface area contributed by atoms with E-state index in [1.165, 1.54) is 6.92 Å². The smallest absolute Gasteiger partial charge is 0.303 e. The molecular formula is C7H11BrO2. The lowest BCUT2D eigenvalue weighted by molar-refractivity contribution is -0.149. The van der Waals surface area contributed by atoms with Crippen LogP contribution < -0.4 is 0 Å². The molecule has 0 aliphatic heterocycles. The second-order valence-corrected chi connectivity index (χ2v) is 3.47. The highest BCUT2D eigenvalue weighted by Gasteiger charge is 2.22. The molecule has 0 unspecified atom stereocenters. The molecule has 58 valence electrons. The van der Waals surface area contributed by atoms with Crippen molar-refractivity contribution in [3.63, 3.8) is 0 Å². The first-order valence-electron chi connectivity index (χ1n) is 2.90. The van der Waals surface area contributed by atoms with E-state index in [2.05, 4.69) is 22.5 Å². The van der Waals surface area contributed by atoms with Crippen LogP contribution >= 0.6 is 15.9 Å². The standard InChI is InChI=1S/C7H11BrO2/c1-5(8)7(3,4)10-6(2)9/h1H2,2-4H3. The second-order valence-electron chi connectivity index (χ2n) is 2.51. The van der Waals surface area contributed by atoms with Crippen LogP contribution in [0.2, 0.25) is 0 Å². The summed E-state index contributed by atoms with van der Waals surface area (Å²) in [6.07, 6.45) is 0. The highest BCUT2D eigenvalue weighted by molar-refractivity contribution is 9.11. The number of halogens is 1. The van der Waals surface area contributed by atoms with E-state index in [9.17, 15) is 4.79 Å². The van der Waals surface area contributed by atoms with Crippen LogP contribution in [0.1, 0.15) is 20.8 Å². The Morgan fingerprint density at radius 1 is 1.60 bits per heavy atom. The first kappa shape index (κ1) is 9.69. The second kappa shape index (κ2) is 3.19. The van der Waals surface area contributed by atoms with Gasteiger partial charge in [-0.15, -0.1) is 0 Å². The fourth-order valence-corrected chi connectivity index (χ4v) is 0.496. The normalized spacial score (nSPS) is 10.8. The molecule has 3 heteroatoms. The molecule has 0 aromatic heterocycles. The number of hydrogen-bond donors (Lipinski definition) is 0. The minimum absolute atomic E-state index is 0.300. The van der Waals surface area contributed by atoms with Gasteiger partial charge in [0.2, 0.25) is 0 Å². The molecule has 0 aliphatic rings. The van der Waals surface area contributed by atoms with Gasteiger partial charge in [0.15, 0.2) is 0 Å². The number of carbonyl (C=O) groups is 1. The number of hydrogen-bond acceptors (Lipinski definition) is 2. The van der Waals surface area contributed by atoms with Gasteiger partial charge < -0.3 is 4.74 Å². The Labute approximate surface area is 69.4 Å². The van der Waals surface area contributed by atoms with Gasteiger partial charge in [0.1, 0.15) is 5.60 Å². The molecule has 0 saturated carbocycles. The van der Waals surface area contributed by atoms with E-state index in [-0.39, 0.29) is 5.97 Å². The molecule has 0 amide bonds. The molecule has 0 aromatic carbocycles. The summed E-state index contributed by atoms with van der Waals surface area (Å²) in [5, 5.41) is 0. The Kier molecular flexibility index (Phi) is 3.09. The van der Waals surface area contributed by atoms with Gasteiger partial charge in [-0.2, -0.15) is 0 Å². The summed E-state index contributed by atoms with van der Waals surface area (Å²) >= 11 is 3.15. The zero-order valence-electron chi connectivity index (χ0n) is 6.40. The Bertz CT molecular complexity index is 161. The lowest BCUT2D eigenvalue weighted by atomic mass is 10.1. The molecule has 0 aromatic rings. The summed E-state index contributed by atoms with van der Waals surface area (Å²) in [6, 6.07) is 0. The molecule has 0 heterocycles. The lowest BCUT2D eigenvalue weighted by Crippen LogP contribution is -2.26. The Hall–Kier alpha value is -0.310. The van der Waals surface area contributed by atoms with Crippen LogP contribution in [0.15, 0.2) is 11.1 Å². The lowest BCUT2D eigenvalue weighted by Gasteiger charge is -2.22. The van der Waals surface area contributed by atoms with Gasteiger partial charge in [-0.05, 0) is 13.8 Å². The van der Waals surface area contributed by atoms with Crippen LogP contribution in [0.3, 0.4) is 0 Å². The zero-order valence-corrected chi connectivity index (χ0v) is 7.99. The molecule has 2 nitrogen and oxygen atoms in total. The van der Waals surface area contributed by atoms with Crippen molar-refractivity contribution in [2.45, 2.75) is 26.4 Å². The highest BCUT2D eigenvalue weighted by Crippen LogP contribution is 2.23. The summed E-state index contributed by atoms with van der Waals surface area (Å²) in [5.74, 6) is -0.300. The molecule has 10 heavy (non-hydrogen) atoms. The van der Waals surface area contributed by atoms with Crippen molar-refractivity contribution in [2.24, 2.45) is 0 Å². The first-order valence-corrected chi connectivity index (χ1v) is 3.70. The zero-order chi connectivity index (χ0) is 8.36. The van der Waals surface area contributed by atoms with Crippen molar-refractivity contribution in [1.82, 2.24) is 0 Å². The molecule has 0 rings (SSSR count). The monoisotopic (exact) mass is 206 g/mol. The summed E-state index contributed by atoms with van der Waals surface area (Å²) in [5.41, 5.74) is -0.605. The third-order valence-corrected chi connectivity index (χ3v) is 2.01. The molecule has 0 N–H and O–H groups in total. The largest absolute Gasteiger partial charge is 0.454 e. The fourth-order valence-electron chi connectivity index (χ4n) is 0.415. The molecule has 0 atom stereocenters. The average molecular weight is 207 g/mol. The van der Waals surface area contributed by atoms with Crippen molar-refractivity contribution in [1.29, 1.82) is 0 Å². The molecular weight excluding hydrogens is 196 g/mol. The molecule has 0 aliphatic carbocycles. The van der Waals surface area contributed by atoms with E-state index in [0.29, 0.717) is 4.48 Å². The van der Waals surface area contributed by atoms with Crippen LogP contribution in [-0.2, 0) is 9.53 Å². The number of carbonyl (C=O) groups excluding carboxylic acids is 1. The van der Waals surface area contributed by atoms with Gasteiger partial charge in [0.05, 0.1) is 0 Å². The van der Waals surface area contributed by atoms with Crippen molar-refractivity contribution in [2.75, 3.05) is 0 Å². The first-order chi connectivity index (χ1) is 4.36. The van der Waals surface area contributed by atoms with E-state index in [4.69, 9.17) is 4.74 Å². The Morgan fingerprint density at radius 3 is 2.10 bits per heavy atom. The maximum Gasteiger partial charge on any atom is 0.303 e. The van der Waals surface area contributed by atoms with Crippen molar-refractivity contribution in [3.8, 4) is 0 Å². The SMILES string of the molecule is C=C(Br)C(C)(C)OC(C)=O. The number of ether oxygens (including phenoxy) is 1. The maximum atomic E-state index is 10.5. The predicted molar refractivity (Wildman–Crippen MR) is 43.9 cm³/mol. The van der Waals surface area contributed by atoms with Gasteiger partial charge >= 0.3 is 5.97 Å². The van der Waals surface area contributed by atoms with E-state index >= 15 is 0 Å². The van der Waals surface area contributed by atoms with E-state index in [1.54, 1.807) is 13.8 Å². The molecule has 0 radical (unpaired) electrons. The third kappa shape index (κ3) is 3.01. The van der Waals surface area contributed by atoms with Crippen LogP contribution in [0.4, 0.5) is 0 Å². The van der Waals surface area contributed by atoms with E-state index in [0.717, 1.165) is 0 Å². The maximum absolute atomic E-state index is 10.5. The van der Waals surface area contributed by atoms with Crippen molar-refractivity contribution < 1.29 is 9.53 Å². The topological polar surface area (TPSA) is 26.3 Å². The summed E-state index contributed by atoms with van der Waals surface area (Å²) < 4.78 is 5.58. The quantitative estimate of drug-likeness (QED) is 0.649. The van der Waals surface area contributed by atoms with E-state index < -0.39 is 5.60 Å². The summed E-state index contributed by atoms with van der Waals surface area (Å²) in [6.45, 7) is 8.53. The Morgan fingerprint density at radius 2 is 2.00 bits per heavy atom. The predicted octanol–water partition coefficient (Wildman–Crippen LogP) is 2.24. The van der Waals surface area contributed by atoms with Crippen LogP contribution in [0.5, 0.6) is 0 Å². The molecule has 0 spiro atoms. The van der Waals surface area contributed by atoms with E-state index in [1.807, 2.05) is 0 Å². The van der Waals surface area contributed by atoms with Crippen molar-refractivity contribution >= 4 is 21.9 Å². The van der Waals surface area contributed by atoms with Gasteiger partial charge in [-0.3, -0.25) is 4.79 Å². The van der Waals surface area contributed by atoms with Gasteiger partial charge in [0.25, 0.3) is 0 Å². The molecule has 0 fully saturated rings. The third-order valence-electron chi connectivity index (χ3n) is 1.05. The fraction of sp³-hybridized carbons (Fsp3) is 0.571. The van der Waals surface area contributed by atoms with Gasteiger partial charge in [-0.25, -0.2) is 0 Å². The van der Waals surface area contributed by atoms with Crippen molar-refractivity contribution in [3.05, 3.63) is 11.1 Å². The highest BCUT2D eigenvalue weighted by atomic mass is 79.9. The van der Waals surface area contributed by atoms with Crippen LogP contribution in [0.25, 0.3) is 0 Å². The van der Waals surface area contributed by atoms with Crippen LogP contribution in [0, 0.1) is 0 Å². The minimum atomic E-state index is -0.605. The Balaban J connectivity index is 4.13. The van der Waals surface area contributed by atoms with Crippen LogP contribution in [-0.4, -0.2) is 11.6 Å². The minimum Gasteiger partial charge on any atom is -0.454 e. The number of esters is 1. The summed E-state index contributed by atoms with van der Waals surface area (Å²) in [7, 11) is 0.